The summed E-state index contributed by atoms with van der Waals surface area (Å²) in [6, 6.07) is 10.5. The van der Waals surface area contributed by atoms with Crippen molar-refractivity contribution >= 4 is 17.6 Å². The molecule has 18 heavy (non-hydrogen) atoms. The summed E-state index contributed by atoms with van der Waals surface area (Å²) in [4.78, 5) is 12.3. The maximum Gasteiger partial charge on any atom is 0.330 e. The SMILES string of the molecule is C=CC(=O)OCCCl.CN(C)Cc1ccccc1. The third-order valence-corrected chi connectivity index (χ3v) is 1.98. The Morgan fingerprint density at radius 3 is 2.44 bits per heavy atom. The standard InChI is InChI=1S/C9H13N.C5H7ClO2/c1-10(2)8-9-6-4-3-5-7-9;1-2-5(7)8-4-3-6/h3-7H,8H2,1-2H3;2H,1,3-4H2. The fourth-order valence-electron chi connectivity index (χ4n) is 1.15. The van der Waals surface area contributed by atoms with Crippen molar-refractivity contribution in [2.75, 3.05) is 26.6 Å². The van der Waals surface area contributed by atoms with Crippen molar-refractivity contribution in [2.24, 2.45) is 0 Å². The Morgan fingerprint density at radius 1 is 1.39 bits per heavy atom. The van der Waals surface area contributed by atoms with Gasteiger partial charge in [-0.3, -0.25) is 0 Å². The molecule has 0 aliphatic heterocycles. The molecule has 4 heteroatoms. The van der Waals surface area contributed by atoms with Crippen molar-refractivity contribution in [2.45, 2.75) is 6.54 Å². The van der Waals surface area contributed by atoms with Gasteiger partial charge in [-0.2, -0.15) is 0 Å². The number of benzene rings is 1. The van der Waals surface area contributed by atoms with Crippen molar-refractivity contribution in [3.63, 3.8) is 0 Å². The van der Waals surface area contributed by atoms with E-state index in [0.29, 0.717) is 5.88 Å². The summed E-state index contributed by atoms with van der Waals surface area (Å²) in [5.41, 5.74) is 1.37. The maximum atomic E-state index is 10.2. The van der Waals surface area contributed by atoms with E-state index >= 15 is 0 Å². The van der Waals surface area contributed by atoms with E-state index in [1.54, 1.807) is 0 Å². The molecule has 1 aromatic rings. The lowest BCUT2D eigenvalue weighted by molar-refractivity contribution is -0.137. The highest BCUT2D eigenvalue weighted by Crippen LogP contribution is 1.99. The number of hydrogen-bond acceptors (Lipinski definition) is 3. The second-order valence-corrected chi connectivity index (χ2v) is 4.16. The highest BCUT2D eigenvalue weighted by molar-refractivity contribution is 6.18. The van der Waals surface area contributed by atoms with Crippen LogP contribution in [0.25, 0.3) is 0 Å². The molecular weight excluding hydrogens is 250 g/mol. The van der Waals surface area contributed by atoms with Gasteiger partial charge in [0.15, 0.2) is 0 Å². The van der Waals surface area contributed by atoms with Crippen LogP contribution in [0, 0.1) is 0 Å². The first-order valence-corrected chi connectivity index (χ1v) is 6.17. The van der Waals surface area contributed by atoms with Crippen LogP contribution in [-0.2, 0) is 16.1 Å². The minimum atomic E-state index is -0.425. The first-order chi connectivity index (χ1) is 8.60. The average molecular weight is 270 g/mol. The van der Waals surface area contributed by atoms with Gasteiger partial charge in [0.05, 0.1) is 5.88 Å². The quantitative estimate of drug-likeness (QED) is 0.468. The van der Waals surface area contributed by atoms with Crippen LogP contribution in [0.5, 0.6) is 0 Å². The molecular formula is C14H20ClNO2. The zero-order chi connectivity index (χ0) is 13.8. The summed E-state index contributed by atoms with van der Waals surface area (Å²) in [6.07, 6.45) is 1.10. The molecule has 0 saturated carbocycles. The van der Waals surface area contributed by atoms with Gasteiger partial charge in [-0.05, 0) is 19.7 Å². The number of ether oxygens (including phenoxy) is 1. The van der Waals surface area contributed by atoms with Crippen LogP contribution < -0.4 is 0 Å². The summed E-state index contributed by atoms with van der Waals surface area (Å²) in [7, 11) is 4.15. The largest absolute Gasteiger partial charge is 0.461 e. The molecule has 1 aromatic carbocycles. The van der Waals surface area contributed by atoms with Crippen LogP contribution in [0.2, 0.25) is 0 Å². The van der Waals surface area contributed by atoms with Crippen molar-refractivity contribution < 1.29 is 9.53 Å². The molecule has 3 nitrogen and oxygen atoms in total. The van der Waals surface area contributed by atoms with E-state index in [1.807, 2.05) is 6.07 Å². The highest BCUT2D eigenvalue weighted by Gasteiger charge is 1.91. The van der Waals surface area contributed by atoms with Crippen LogP contribution in [0.3, 0.4) is 0 Å². The number of hydrogen-bond donors (Lipinski definition) is 0. The number of nitrogens with zero attached hydrogens (tertiary/aromatic N) is 1. The predicted molar refractivity (Wildman–Crippen MR) is 75.7 cm³/mol. The van der Waals surface area contributed by atoms with Crippen LogP contribution in [-0.4, -0.2) is 37.5 Å². The summed E-state index contributed by atoms with van der Waals surface area (Å²) in [6.45, 7) is 4.48. The molecule has 0 bridgehead atoms. The molecule has 0 aromatic heterocycles. The zero-order valence-corrected chi connectivity index (χ0v) is 11.7. The first kappa shape index (κ1) is 16.7. The Hall–Kier alpha value is -1.32. The molecule has 0 saturated heterocycles. The molecule has 0 spiro atoms. The topological polar surface area (TPSA) is 29.5 Å². The molecule has 0 aliphatic rings. The summed E-state index contributed by atoms with van der Waals surface area (Å²) < 4.78 is 4.45. The summed E-state index contributed by atoms with van der Waals surface area (Å²) >= 11 is 5.19. The van der Waals surface area contributed by atoms with E-state index < -0.39 is 5.97 Å². The minimum absolute atomic E-state index is 0.256. The minimum Gasteiger partial charge on any atom is -0.461 e. The molecule has 100 valence electrons. The molecule has 0 heterocycles. The number of carbonyl (C=O) groups excluding carboxylic acids is 1. The molecule has 0 amide bonds. The third-order valence-electron chi connectivity index (χ3n) is 1.83. The monoisotopic (exact) mass is 269 g/mol. The van der Waals surface area contributed by atoms with E-state index in [1.165, 1.54) is 5.56 Å². The zero-order valence-electron chi connectivity index (χ0n) is 10.9. The summed E-state index contributed by atoms with van der Waals surface area (Å²) in [5.74, 6) is -0.0924. The van der Waals surface area contributed by atoms with E-state index in [0.717, 1.165) is 12.6 Å². The van der Waals surface area contributed by atoms with Crippen LogP contribution in [0.1, 0.15) is 5.56 Å². The molecule has 0 radical (unpaired) electrons. The molecule has 0 N–H and O–H groups in total. The Bertz CT molecular complexity index is 339. The van der Waals surface area contributed by atoms with Crippen LogP contribution >= 0.6 is 11.6 Å². The fourth-order valence-corrected chi connectivity index (χ4v) is 1.22. The van der Waals surface area contributed by atoms with E-state index in [-0.39, 0.29) is 6.61 Å². The summed E-state index contributed by atoms with van der Waals surface area (Å²) in [5, 5.41) is 0. The van der Waals surface area contributed by atoms with Gasteiger partial charge in [0.1, 0.15) is 6.61 Å². The van der Waals surface area contributed by atoms with Gasteiger partial charge >= 0.3 is 5.97 Å². The van der Waals surface area contributed by atoms with E-state index in [4.69, 9.17) is 11.6 Å². The molecule has 0 fully saturated rings. The van der Waals surface area contributed by atoms with Gasteiger partial charge in [0.25, 0.3) is 0 Å². The van der Waals surface area contributed by atoms with Crippen molar-refractivity contribution in [3.05, 3.63) is 48.6 Å². The van der Waals surface area contributed by atoms with Crippen LogP contribution in [0.4, 0.5) is 0 Å². The van der Waals surface area contributed by atoms with Gasteiger partial charge in [-0.15, -0.1) is 11.6 Å². The predicted octanol–water partition coefficient (Wildman–Crippen LogP) is 2.70. The number of rotatable bonds is 5. The lowest BCUT2D eigenvalue weighted by Gasteiger charge is -2.08. The Labute approximate surface area is 114 Å². The van der Waals surface area contributed by atoms with Crippen molar-refractivity contribution in [1.82, 2.24) is 4.90 Å². The van der Waals surface area contributed by atoms with Gasteiger partial charge in [-0.25, -0.2) is 4.79 Å². The molecule has 1 rings (SSSR count). The van der Waals surface area contributed by atoms with Gasteiger partial charge in [-0.1, -0.05) is 36.9 Å². The molecule has 0 unspecified atom stereocenters. The van der Waals surface area contributed by atoms with Gasteiger partial charge in [0.2, 0.25) is 0 Å². The number of carbonyl (C=O) groups is 1. The molecule has 0 aliphatic carbocycles. The van der Waals surface area contributed by atoms with Crippen LogP contribution in [0.15, 0.2) is 43.0 Å². The third kappa shape index (κ3) is 9.87. The lowest BCUT2D eigenvalue weighted by Crippen LogP contribution is -2.10. The number of alkyl halides is 1. The Morgan fingerprint density at radius 2 is 2.00 bits per heavy atom. The lowest BCUT2D eigenvalue weighted by atomic mass is 10.2. The Kier molecular flexibility index (Phi) is 10.0. The second-order valence-electron chi connectivity index (χ2n) is 3.78. The van der Waals surface area contributed by atoms with Crippen molar-refractivity contribution in [3.8, 4) is 0 Å². The maximum absolute atomic E-state index is 10.2. The van der Waals surface area contributed by atoms with Gasteiger partial charge < -0.3 is 9.64 Å². The average Bonchev–Trinajstić information content (AvgIpc) is 2.37. The normalized spacial score (nSPS) is 9.33. The first-order valence-electron chi connectivity index (χ1n) is 5.64. The fraction of sp³-hybridized carbons (Fsp3) is 0.357. The number of esters is 1. The molecule has 0 atom stereocenters. The van der Waals surface area contributed by atoms with E-state index in [2.05, 4.69) is 54.6 Å². The Balaban J connectivity index is 0.000000331. The number of halogens is 1. The second kappa shape index (κ2) is 10.8. The van der Waals surface area contributed by atoms with E-state index in [9.17, 15) is 4.79 Å². The smallest absolute Gasteiger partial charge is 0.330 e. The van der Waals surface area contributed by atoms with Crippen molar-refractivity contribution in [1.29, 1.82) is 0 Å². The highest BCUT2D eigenvalue weighted by atomic mass is 35.5. The van der Waals surface area contributed by atoms with Gasteiger partial charge in [0, 0.05) is 12.6 Å².